The van der Waals surface area contributed by atoms with Gasteiger partial charge in [-0.05, 0) is 44.8 Å². The lowest BCUT2D eigenvalue weighted by Crippen LogP contribution is -2.31. The van der Waals surface area contributed by atoms with Crippen LogP contribution in [0.25, 0.3) is 0 Å². The first kappa shape index (κ1) is 11.9. The van der Waals surface area contributed by atoms with Crippen molar-refractivity contribution in [3.8, 4) is 0 Å². The van der Waals surface area contributed by atoms with Gasteiger partial charge in [-0.3, -0.25) is 0 Å². The first-order chi connectivity index (χ1) is 8.08. The number of anilines is 1. The van der Waals surface area contributed by atoms with Crippen molar-refractivity contribution in [3.63, 3.8) is 0 Å². The Labute approximate surface area is 101 Å². The molecule has 1 aliphatic heterocycles. The molecule has 1 unspecified atom stereocenters. The van der Waals surface area contributed by atoms with Crippen molar-refractivity contribution in [1.82, 2.24) is 4.90 Å². The Balaban J connectivity index is 2.06. The molecule has 2 rings (SSSR count). The Bertz CT molecular complexity index is 400. The van der Waals surface area contributed by atoms with Gasteiger partial charge < -0.3 is 14.9 Å². The Morgan fingerprint density at radius 1 is 1.35 bits per heavy atom. The van der Waals surface area contributed by atoms with E-state index in [2.05, 4.69) is 23.9 Å². The lowest BCUT2D eigenvalue weighted by molar-refractivity contribution is 0.0697. The minimum Gasteiger partial charge on any atom is -0.478 e. The van der Waals surface area contributed by atoms with E-state index < -0.39 is 5.97 Å². The predicted octanol–water partition coefficient (Wildman–Crippen LogP) is 1.53. The van der Waals surface area contributed by atoms with E-state index in [0.29, 0.717) is 11.6 Å². The molecule has 4 nitrogen and oxygen atoms in total. The Morgan fingerprint density at radius 2 is 2.00 bits per heavy atom. The van der Waals surface area contributed by atoms with Crippen LogP contribution in [0.5, 0.6) is 0 Å². The highest BCUT2D eigenvalue weighted by Gasteiger charge is 2.23. The van der Waals surface area contributed by atoms with Gasteiger partial charge in [0.25, 0.3) is 0 Å². The van der Waals surface area contributed by atoms with Crippen LogP contribution in [-0.4, -0.2) is 49.2 Å². The maximum Gasteiger partial charge on any atom is 0.335 e. The van der Waals surface area contributed by atoms with Gasteiger partial charge in [0.2, 0.25) is 0 Å². The van der Waals surface area contributed by atoms with E-state index in [1.54, 1.807) is 12.1 Å². The first-order valence-corrected chi connectivity index (χ1v) is 5.82. The molecule has 0 spiro atoms. The average Bonchev–Trinajstić information content (AvgIpc) is 2.78. The van der Waals surface area contributed by atoms with Gasteiger partial charge in [0, 0.05) is 24.8 Å². The highest BCUT2D eigenvalue weighted by atomic mass is 16.4. The molecule has 1 aliphatic rings. The molecule has 0 bridgehead atoms. The highest BCUT2D eigenvalue weighted by molar-refractivity contribution is 5.88. The summed E-state index contributed by atoms with van der Waals surface area (Å²) < 4.78 is 0. The van der Waals surface area contributed by atoms with Crippen LogP contribution in [0.3, 0.4) is 0 Å². The number of carboxylic acid groups (broad SMARTS) is 1. The van der Waals surface area contributed by atoms with E-state index in [9.17, 15) is 4.79 Å². The molecule has 0 amide bonds. The number of nitrogens with zero attached hydrogens (tertiary/aromatic N) is 2. The molecular weight excluding hydrogens is 216 g/mol. The number of aromatic carboxylic acids is 1. The molecule has 1 aromatic carbocycles. The topological polar surface area (TPSA) is 43.8 Å². The summed E-state index contributed by atoms with van der Waals surface area (Å²) in [5, 5.41) is 8.84. The van der Waals surface area contributed by atoms with Crippen LogP contribution in [-0.2, 0) is 0 Å². The van der Waals surface area contributed by atoms with E-state index >= 15 is 0 Å². The second-order valence-corrected chi connectivity index (χ2v) is 4.70. The summed E-state index contributed by atoms with van der Waals surface area (Å²) in [6.07, 6.45) is 1.16. The largest absolute Gasteiger partial charge is 0.478 e. The Hall–Kier alpha value is -1.55. The molecule has 1 atom stereocenters. The van der Waals surface area contributed by atoms with Gasteiger partial charge in [-0.2, -0.15) is 0 Å². The molecule has 1 fully saturated rings. The van der Waals surface area contributed by atoms with Gasteiger partial charge in [0.05, 0.1) is 5.56 Å². The molecule has 1 aromatic rings. The third-order valence-electron chi connectivity index (χ3n) is 3.37. The van der Waals surface area contributed by atoms with Crippen molar-refractivity contribution in [3.05, 3.63) is 29.8 Å². The zero-order chi connectivity index (χ0) is 12.4. The standard InChI is InChI=1S/C13H18N2O2/c1-14(2)12-7-8-15(9-12)11-5-3-10(4-6-11)13(16)17/h3-6,12H,7-9H2,1-2H3,(H,16,17). The summed E-state index contributed by atoms with van der Waals surface area (Å²) in [6, 6.07) is 7.71. The number of rotatable bonds is 3. The smallest absolute Gasteiger partial charge is 0.335 e. The van der Waals surface area contributed by atoms with Crippen LogP contribution in [0.1, 0.15) is 16.8 Å². The Kier molecular flexibility index (Phi) is 3.33. The molecule has 0 radical (unpaired) electrons. The van der Waals surface area contributed by atoms with Crippen LogP contribution in [0.4, 0.5) is 5.69 Å². The second-order valence-electron chi connectivity index (χ2n) is 4.70. The zero-order valence-corrected chi connectivity index (χ0v) is 10.3. The number of hydrogen-bond acceptors (Lipinski definition) is 3. The third kappa shape index (κ3) is 2.58. The summed E-state index contributed by atoms with van der Waals surface area (Å²) in [5.74, 6) is -0.871. The van der Waals surface area contributed by atoms with Crippen LogP contribution < -0.4 is 4.90 Å². The third-order valence-corrected chi connectivity index (χ3v) is 3.37. The van der Waals surface area contributed by atoms with Crippen molar-refractivity contribution < 1.29 is 9.90 Å². The number of benzene rings is 1. The normalized spacial score (nSPS) is 19.9. The molecule has 92 valence electrons. The highest BCUT2D eigenvalue weighted by Crippen LogP contribution is 2.22. The second kappa shape index (κ2) is 4.75. The fourth-order valence-electron chi connectivity index (χ4n) is 2.21. The van der Waals surface area contributed by atoms with E-state index in [1.807, 2.05) is 12.1 Å². The van der Waals surface area contributed by atoms with Crippen molar-refractivity contribution in [2.45, 2.75) is 12.5 Å². The first-order valence-electron chi connectivity index (χ1n) is 5.82. The zero-order valence-electron chi connectivity index (χ0n) is 10.3. The summed E-state index contributed by atoms with van der Waals surface area (Å²) in [4.78, 5) is 15.3. The van der Waals surface area contributed by atoms with E-state index in [4.69, 9.17) is 5.11 Å². The van der Waals surface area contributed by atoms with Crippen LogP contribution in [0.2, 0.25) is 0 Å². The van der Waals surface area contributed by atoms with Crippen molar-refractivity contribution >= 4 is 11.7 Å². The molecule has 0 aromatic heterocycles. The number of carbonyl (C=O) groups is 1. The molecule has 0 saturated carbocycles. The van der Waals surface area contributed by atoms with E-state index in [-0.39, 0.29) is 0 Å². The van der Waals surface area contributed by atoms with Crippen molar-refractivity contribution in [1.29, 1.82) is 0 Å². The van der Waals surface area contributed by atoms with Gasteiger partial charge in [-0.25, -0.2) is 4.79 Å². The summed E-state index contributed by atoms with van der Waals surface area (Å²) in [5.41, 5.74) is 1.46. The lowest BCUT2D eigenvalue weighted by Gasteiger charge is -2.21. The van der Waals surface area contributed by atoms with E-state index in [1.165, 1.54) is 0 Å². The number of likely N-dealkylation sites (N-methyl/N-ethyl adjacent to an activating group) is 1. The van der Waals surface area contributed by atoms with Gasteiger partial charge in [-0.1, -0.05) is 0 Å². The molecule has 17 heavy (non-hydrogen) atoms. The minimum atomic E-state index is -0.871. The number of carboxylic acids is 1. The summed E-state index contributed by atoms with van der Waals surface area (Å²) >= 11 is 0. The monoisotopic (exact) mass is 234 g/mol. The number of hydrogen-bond donors (Lipinski definition) is 1. The van der Waals surface area contributed by atoms with Gasteiger partial charge in [0.1, 0.15) is 0 Å². The predicted molar refractivity (Wildman–Crippen MR) is 67.7 cm³/mol. The quantitative estimate of drug-likeness (QED) is 0.861. The molecule has 1 saturated heterocycles. The van der Waals surface area contributed by atoms with Crippen molar-refractivity contribution in [2.24, 2.45) is 0 Å². The Morgan fingerprint density at radius 3 is 2.47 bits per heavy atom. The molecule has 0 aliphatic carbocycles. The molecule has 4 heteroatoms. The minimum absolute atomic E-state index is 0.345. The fourth-order valence-corrected chi connectivity index (χ4v) is 2.21. The maximum atomic E-state index is 10.8. The van der Waals surface area contributed by atoms with Gasteiger partial charge >= 0.3 is 5.97 Å². The van der Waals surface area contributed by atoms with Crippen LogP contribution in [0.15, 0.2) is 24.3 Å². The van der Waals surface area contributed by atoms with Crippen LogP contribution >= 0.6 is 0 Å². The van der Waals surface area contributed by atoms with Crippen molar-refractivity contribution in [2.75, 3.05) is 32.1 Å². The summed E-state index contributed by atoms with van der Waals surface area (Å²) in [7, 11) is 4.20. The lowest BCUT2D eigenvalue weighted by atomic mass is 10.2. The molecule has 1 heterocycles. The van der Waals surface area contributed by atoms with Gasteiger partial charge in [0.15, 0.2) is 0 Å². The molecular formula is C13H18N2O2. The van der Waals surface area contributed by atoms with Gasteiger partial charge in [-0.15, -0.1) is 0 Å². The SMILES string of the molecule is CN(C)C1CCN(c2ccc(C(=O)O)cc2)C1. The summed E-state index contributed by atoms with van der Waals surface area (Å²) in [6.45, 7) is 2.05. The molecule has 1 N–H and O–H groups in total. The maximum absolute atomic E-state index is 10.8. The van der Waals surface area contributed by atoms with Crippen LogP contribution in [0, 0.1) is 0 Å². The fraction of sp³-hybridized carbons (Fsp3) is 0.462. The van der Waals surface area contributed by atoms with E-state index in [0.717, 1.165) is 25.2 Å². The average molecular weight is 234 g/mol.